The smallest absolute Gasteiger partial charge is 0.282 e. The van der Waals surface area contributed by atoms with Crippen molar-refractivity contribution in [2.45, 2.75) is 50.7 Å². The zero-order chi connectivity index (χ0) is 31.1. The summed E-state index contributed by atoms with van der Waals surface area (Å²) in [6.45, 7) is -0.00187. The number of amides is 1. The van der Waals surface area contributed by atoms with Gasteiger partial charge >= 0.3 is 0 Å². The fourth-order valence-electron chi connectivity index (χ4n) is 4.92. The van der Waals surface area contributed by atoms with Crippen LogP contribution in [0.4, 0.5) is 32.0 Å². The first-order chi connectivity index (χ1) is 20.3. The normalized spacial score (nSPS) is 17.9. The third-order valence-corrected chi connectivity index (χ3v) is 8.56. The molecule has 43 heavy (non-hydrogen) atoms. The summed E-state index contributed by atoms with van der Waals surface area (Å²) in [7, 11) is -3.74. The van der Waals surface area contributed by atoms with Crippen molar-refractivity contribution < 1.29 is 44.4 Å². The van der Waals surface area contributed by atoms with Crippen LogP contribution in [0, 0.1) is 11.6 Å². The molecule has 4 heterocycles. The standard InChI is InChI=1S/C25H24F6N6O4S2/c1-43(39,40)35-13-6-14(26)22(15(27)7-13)20-9-16(34-41-20)18-11-42-25(32-18)12-2-4-36(5-3-12)21(38)10-37-19(24(30)31)8-17(33-37)23(28)29/h6-8,11-12,20,23-24,35H,2-5,9-10H2,1H3. The van der Waals surface area contributed by atoms with Gasteiger partial charge in [0.1, 0.15) is 35.3 Å². The number of carbonyl (C=O) groups excluding carboxylic acids is 1. The van der Waals surface area contributed by atoms with E-state index in [9.17, 15) is 39.6 Å². The Kier molecular flexibility index (Phi) is 8.69. The number of aromatic nitrogens is 3. The number of rotatable bonds is 9. The monoisotopic (exact) mass is 650 g/mol. The predicted molar refractivity (Wildman–Crippen MR) is 143 cm³/mol. The number of benzene rings is 1. The number of likely N-dealkylation sites (tertiary alicyclic amines) is 1. The fraction of sp³-hybridized carbons (Fsp3) is 0.440. The van der Waals surface area contributed by atoms with E-state index in [1.807, 2.05) is 4.72 Å². The van der Waals surface area contributed by atoms with Crippen molar-refractivity contribution in [2.24, 2.45) is 5.16 Å². The quantitative estimate of drug-likeness (QED) is 0.321. The van der Waals surface area contributed by atoms with Gasteiger partial charge < -0.3 is 9.74 Å². The van der Waals surface area contributed by atoms with Gasteiger partial charge in [-0.15, -0.1) is 11.3 Å². The molecule has 5 rings (SSSR count). The van der Waals surface area contributed by atoms with Gasteiger partial charge in [0, 0.05) is 30.8 Å². The van der Waals surface area contributed by atoms with E-state index in [0.29, 0.717) is 48.1 Å². The highest BCUT2D eigenvalue weighted by Crippen LogP contribution is 2.36. The van der Waals surface area contributed by atoms with Crippen molar-refractivity contribution in [3.05, 3.63) is 62.9 Å². The predicted octanol–water partition coefficient (Wildman–Crippen LogP) is 5.14. The maximum atomic E-state index is 14.7. The summed E-state index contributed by atoms with van der Waals surface area (Å²) in [5, 5.41) is 9.89. The molecule has 0 spiro atoms. The molecule has 1 unspecified atom stereocenters. The van der Waals surface area contributed by atoms with Gasteiger partial charge in [-0.1, -0.05) is 5.16 Å². The van der Waals surface area contributed by atoms with E-state index in [-0.39, 0.29) is 18.0 Å². The van der Waals surface area contributed by atoms with Crippen LogP contribution in [-0.2, 0) is 26.2 Å². The summed E-state index contributed by atoms with van der Waals surface area (Å²) >= 11 is 1.34. The maximum Gasteiger partial charge on any atom is 0.282 e. The molecule has 232 valence electrons. The van der Waals surface area contributed by atoms with Gasteiger partial charge in [0.05, 0.1) is 28.2 Å². The van der Waals surface area contributed by atoms with Gasteiger partial charge in [0.2, 0.25) is 15.9 Å². The lowest BCUT2D eigenvalue weighted by Crippen LogP contribution is -2.40. The first-order valence-corrected chi connectivity index (χ1v) is 15.6. The number of nitrogens with one attached hydrogen (secondary N) is 1. The van der Waals surface area contributed by atoms with E-state index < -0.39 is 70.0 Å². The highest BCUT2D eigenvalue weighted by atomic mass is 32.2. The third kappa shape index (κ3) is 6.95. The summed E-state index contributed by atoms with van der Waals surface area (Å²) in [4.78, 5) is 24.1. The molecule has 0 saturated carbocycles. The second kappa shape index (κ2) is 12.1. The Morgan fingerprint density at radius 3 is 2.40 bits per heavy atom. The fourth-order valence-corrected chi connectivity index (χ4v) is 6.47. The lowest BCUT2D eigenvalue weighted by atomic mass is 9.97. The molecule has 2 aromatic heterocycles. The summed E-state index contributed by atoms with van der Waals surface area (Å²) in [5.41, 5.74) is -1.40. The molecule has 0 radical (unpaired) electrons. The maximum absolute atomic E-state index is 14.7. The number of oxime groups is 1. The van der Waals surface area contributed by atoms with E-state index in [1.165, 1.54) is 16.2 Å². The molecule has 1 saturated heterocycles. The number of halogens is 6. The first kappa shape index (κ1) is 30.8. The molecule has 1 fully saturated rings. The van der Waals surface area contributed by atoms with Crippen molar-refractivity contribution in [3.8, 4) is 0 Å². The van der Waals surface area contributed by atoms with Gasteiger partial charge in [0.25, 0.3) is 12.9 Å². The number of nitrogens with zero attached hydrogens (tertiary/aromatic N) is 5. The number of alkyl halides is 4. The van der Waals surface area contributed by atoms with Gasteiger partial charge in [0.15, 0.2) is 6.10 Å². The van der Waals surface area contributed by atoms with Crippen LogP contribution in [-0.4, -0.2) is 59.0 Å². The van der Waals surface area contributed by atoms with Crippen LogP contribution in [0.15, 0.2) is 28.7 Å². The topological polar surface area (TPSA) is 119 Å². The minimum atomic E-state index is -3.74. The molecule has 3 aromatic rings. The Bertz CT molecular complexity index is 1630. The van der Waals surface area contributed by atoms with Crippen LogP contribution >= 0.6 is 11.3 Å². The van der Waals surface area contributed by atoms with Gasteiger partial charge in [-0.05, 0) is 31.0 Å². The van der Waals surface area contributed by atoms with E-state index in [1.54, 1.807) is 5.38 Å². The number of hydrogen-bond donors (Lipinski definition) is 1. The van der Waals surface area contributed by atoms with E-state index in [2.05, 4.69) is 15.2 Å². The summed E-state index contributed by atoms with van der Waals surface area (Å²) in [6.07, 6.45) is -5.29. The molecule has 0 bridgehead atoms. The average Bonchev–Trinajstić information content (AvgIpc) is 3.67. The van der Waals surface area contributed by atoms with Gasteiger partial charge in [-0.3, -0.25) is 14.2 Å². The molecule has 1 N–H and O–H groups in total. The highest BCUT2D eigenvalue weighted by Gasteiger charge is 2.32. The molecule has 18 heteroatoms. The van der Waals surface area contributed by atoms with E-state index >= 15 is 0 Å². The summed E-state index contributed by atoms with van der Waals surface area (Å²) < 4.78 is 107. The van der Waals surface area contributed by atoms with Crippen LogP contribution in [0.25, 0.3) is 0 Å². The lowest BCUT2D eigenvalue weighted by molar-refractivity contribution is -0.133. The van der Waals surface area contributed by atoms with E-state index in [4.69, 9.17) is 4.84 Å². The molecular formula is C25H24F6N6O4S2. The van der Waals surface area contributed by atoms with Crippen molar-refractivity contribution in [1.29, 1.82) is 0 Å². The summed E-state index contributed by atoms with van der Waals surface area (Å²) in [6, 6.07) is 2.30. The third-order valence-electron chi connectivity index (χ3n) is 6.95. The van der Waals surface area contributed by atoms with Crippen molar-refractivity contribution in [1.82, 2.24) is 19.7 Å². The minimum Gasteiger partial charge on any atom is -0.387 e. The van der Waals surface area contributed by atoms with Gasteiger partial charge in [-0.2, -0.15) is 5.10 Å². The number of carbonyl (C=O) groups is 1. The van der Waals surface area contributed by atoms with Crippen LogP contribution in [0.2, 0.25) is 0 Å². The van der Waals surface area contributed by atoms with E-state index in [0.717, 1.165) is 23.4 Å². The summed E-state index contributed by atoms with van der Waals surface area (Å²) in [5.74, 6) is -2.55. The zero-order valence-electron chi connectivity index (χ0n) is 22.3. The number of hydrogen-bond acceptors (Lipinski definition) is 8. The Hall–Kier alpha value is -3.67. The Balaban J connectivity index is 1.18. The number of anilines is 1. The average molecular weight is 651 g/mol. The minimum absolute atomic E-state index is 0.0180. The first-order valence-electron chi connectivity index (χ1n) is 12.9. The van der Waals surface area contributed by atoms with Crippen LogP contribution in [0.3, 0.4) is 0 Å². The largest absolute Gasteiger partial charge is 0.387 e. The van der Waals surface area contributed by atoms with Gasteiger partial charge in [-0.25, -0.2) is 39.7 Å². The molecular weight excluding hydrogens is 626 g/mol. The molecule has 1 amide bonds. The van der Waals surface area contributed by atoms with Crippen molar-refractivity contribution in [3.63, 3.8) is 0 Å². The number of sulfonamides is 1. The number of thiazole rings is 1. The second-order valence-corrected chi connectivity index (χ2v) is 12.7. The molecule has 0 aliphatic carbocycles. The molecule has 10 nitrogen and oxygen atoms in total. The number of piperidine rings is 1. The Morgan fingerprint density at radius 1 is 1.12 bits per heavy atom. The Morgan fingerprint density at radius 2 is 1.79 bits per heavy atom. The highest BCUT2D eigenvalue weighted by molar-refractivity contribution is 7.92. The molecule has 1 aromatic carbocycles. The second-order valence-electron chi connectivity index (χ2n) is 10.0. The van der Waals surface area contributed by atoms with Crippen LogP contribution < -0.4 is 4.72 Å². The van der Waals surface area contributed by atoms with Crippen LogP contribution in [0.5, 0.6) is 0 Å². The van der Waals surface area contributed by atoms with Crippen LogP contribution in [0.1, 0.15) is 71.8 Å². The SMILES string of the molecule is CS(=O)(=O)Nc1cc(F)c(C2CC(c3csc(C4CCN(C(=O)Cn5nc(C(F)F)cc5C(F)F)CC4)n3)=NO2)c(F)c1. The van der Waals surface area contributed by atoms with Crippen molar-refractivity contribution in [2.75, 3.05) is 24.1 Å². The van der Waals surface area contributed by atoms with Crippen molar-refractivity contribution >= 4 is 38.7 Å². The molecule has 2 aliphatic heterocycles. The zero-order valence-corrected chi connectivity index (χ0v) is 23.9. The lowest BCUT2D eigenvalue weighted by Gasteiger charge is -2.31. The molecule has 2 aliphatic rings. The Labute approximate surface area is 245 Å². The molecule has 1 atom stereocenters.